The molecule has 0 aliphatic rings. The van der Waals surface area contributed by atoms with Crippen molar-refractivity contribution in [1.82, 2.24) is 15.0 Å². The third-order valence-electron chi connectivity index (χ3n) is 7.97. The summed E-state index contributed by atoms with van der Waals surface area (Å²) in [6, 6.07) is 49.0. The second-order valence-corrected chi connectivity index (χ2v) is 10.5. The van der Waals surface area contributed by atoms with Gasteiger partial charge in [0.15, 0.2) is 5.82 Å². The van der Waals surface area contributed by atoms with Gasteiger partial charge in [0.25, 0.3) is 0 Å². The van der Waals surface area contributed by atoms with Gasteiger partial charge in [-0.1, -0.05) is 109 Å². The van der Waals surface area contributed by atoms with Gasteiger partial charge in [0.2, 0.25) is 0 Å². The highest BCUT2D eigenvalue weighted by atomic mass is 14.9. The molecule has 0 spiro atoms. The SMILES string of the molecule is c1ccc(-c2nc(-c3cccc(-c4ccncc4)c3)cc(-c3ccc4c5ccccc5c5ccccc5c4c3)n2)cc1. The Balaban J connectivity index is 1.35. The van der Waals surface area contributed by atoms with E-state index in [9.17, 15) is 0 Å². The van der Waals surface area contributed by atoms with Crippen molar-refractivity contribution >= 4 is 32.3 Å². The van der Waals surface area contributed by atoms with Crippen molar-refractivity contribution in [3.05, 3.63) is 152 Å². The normalized spacial score (nSPS) is 11.3. The van der Waals surface area contributed by atoms with Gasteiger partial charge in [0, 0.05) is 29.1 Å². The van der Waals surface area contributed by atoms with Crippen LogP contribution in [0.15, 0.2) is 152 Å². The first-order valence-electron chi connectivity index (χ1n) is 14.1. The minimum atomic E-state index is 0.709. The molecule has 0 aliphatic heterocycles. The van der Waals surface area contributed by atoms with Crippen molar-refractivity contribution in [3.63, 3.8) is 0 Å². The molecule has 196 valence electrons. The van der Waals surface area contributed by atoms with E-state index in [2.05, 4.69) is 114 Å². The van der Waals surface area contributed by atoms with Gasteiger partial charge in [-0.05, 0) is 73.8 Å². The highest BCUT2D eigenvalue weighted by Gasteiger charge is 2.14. The summed E-state index contributed by atoms with van der Waals surface area (Å²) in [6.45, 7) is 0. The molecule has 2 heterocycles. The topological polar surface area (TPSA) is 38.7 Å². The van der Waals surface area contributed by atoms with Crippen LogP contribution in [0.2, 0.25) is 0 Å². The summed E-state index contributed by atoms with van der Waals surface area (Å²) in [5.74, 6) is 0.709. The Morgan fingerprint density at radius 2 is 0.833 bits per heavy atom. The summed E-state index contributed by atoms with van der Waals surface area (Å²) < 4.78 is 0. The van der Waals surface area contributed by atoms with Crippen LogP contribution in [0.4, 0.5) is 0 Å². The van der Waals surface area contributed by atoms with E-state index in [-0.39, 0.29) is 0 Å². The first-order chi connectivity index (χ1) is 20.8. The molecule has 0 amide bonds. The molecule has 0 fully saturated rings. The van der Waals surface area contributed by atoms with E-state index < -0.39 is 0 Å². The lowest BCUT2D eigenvalue weighted by atomic mass is 9.92. The smallest absolute Gasteiger partial charge is 0.160 e. The zero-order valence-corrected chi connectivity index (χ0v) is 22.8. The van der Waals surface area contributed by atoms with Gasteiger partial charge in [-0.15, -0.1) is 0 Å². The monoisotopic (exact) mass is 535 g/mol. The van der Waals surface area contributed by atoms with Crippen LogP contribution in [0.3, 0.4) is 0 Å². The first kappa shape index (κ1) is 24.2. The Hall–Kier alpha value is -5.67. The molecule has 0 unspecified atom stereocenters. The number of rotatable bonds is 4. The summed E-state index contributed by atoms with van der Waals surface area (Å²) >= 11 is 0. The van der Waals surface area contributed by atoms with Crippen molar-refractivity contribution in [2.24, 2.45) is 0 Å². The highest BCUT2D eigenvalue weighted by Crippen LogP contribution is 2.37. The zero-order chi connectivity index (χ0) is 27.9. The second kappa shape index (κ2) is 10.1. The summed E-state index contributed by atoms with van der Waals surface area (Å²) in [5, 5.41) is 7.52. The van der Waals surface area contributed by atoms with Gasteiger partial charge in [-0.2, -0.15) is 0 Å². The minimum Gasteiger partial charge on any atom is -0.265 e. The van der Waals surface area contributed by atoms with E-state index in [1.807, 2.05) is 42.7 Å². The fourth-order valence-corrected chi connectivity index (χ4v) is 5.93. The summed E-state index contributed by atoms with van der Waals surface area (Å²) in [4.78, 5) is 14.4. The molecule has 0 aliphatic carbocycles. The third kappa shape index (κ3) is 4.20. The molecule has 3 nitrogen and oxygen atoms in total. The van der Waals surface area contributed by atoms with E-state index in [0.29, 0.717) is 5.82 Å². The summed E-state index contributed by atoms with van der Waals surface area (Å²) in [7, 11) is 0. The Labute approximate surface area is 243 Å². The average Bonchev–Trinajstić information content (AvgIpc) is 3.09. The van der Waals surface area contributed by atoms with Crippen molar-refractivity contribution in [2.75, 3.05) is 0 Å². The highest BCUT2D eigenvalue weighted by molar-refractivity contribution is 6.25. The largest absolute Gasteiger partial charge is 0.265 e. The van der Waals surface area contributed by atoms with E-state index in [1.54, 1.807) is 0 Å². The number of hydrogen-bond acceptors (Lipinski definition) is 3. The first-order valence-corrected chi connectivity index (χ1v) is 14.1. The Morgan fingerprint density at radius 3 is 1.50 bits per heavy atom. The molecule has 0 saturated carbocycles. The maximum atomic E-state index is 5.11. The predicted octanol–water partition coefficient (Wildman–Crippen LogP) is 10.00. The van der Waals surface area contributed by atoms with Crippen LogP contribution in [-0.2, 0) is 0 Å². The summed E-state index contributed by atoms with van der Waals surface area (Å²) in [5.41, 5.74) is 7.13. The fourth-order valence-electron chi connectivity index (χ4n) is 5.93. The van der Waals surface area contributed by atoms with Crippen LogP contribution in [-0.4, -0.2) is 15.0 Å². The van der Waals surface area contributed by atoms with Crippen molar-refractivity contribution < 1.29 is 0 Å². The van der Waals surface area contributed by atoms with Crippen LogP contribution >= 0.6 is 0 Å². The van der Waals surface area contributed by atoms with Crippen molar-refractivity contribution in [2.45, 2.75) is 0 Å². The lowest BCUT2D eigenvalue weighted by Gasteiger charge is -2.13. The summed E-state index contributed by atoms with van der Waals surface area (Å²) in [6.07, 6.45) is 3.65. The van der Waals surface area contributed by atoms with Gasteiger partial charge in [0.05, 0.1) is 11.4 Å². The lowest BCUT2D eigenvalue weighted by Crippen LogP contribution is -1.96. The fraction of sp³-hybridized carbons (Fsp3) is 0. The number of hydrogen-bond donors (Lipinski definition) is 0. The molecule has 3 heteroatoms. The van der Waals surface area contributed by atoms with Crippen LogP contribution in [0, 0.1) is 0 Å². The molecule has 2 aromatic heterocycles. The number of fused-ring (bicyclic) bond motifs is 6. The van der Waals surface area contributed by atoms with Crippen molar-refractivity contribution in [1.29, 1.82) is 0 Å². The maximum Gasteiger partial charge on any atom is 0.160 e. The molecular formula is C39H25N3. The maximum absolute atomic E-state index is 5.11. The van der Waals surface area contributed by atoms with Gasteiger partial charge < -0.3 is 0 Å². The molecular weight excluding hydrogens is 510 g/mol. The van der Waals surface area contributed by atoms with Gasteiger partial charge >= 0.3 is 0 Å². The van der Waals surface area contributed by atoms with Gasteiger partial charge in [-0.25, -0.2) is 9.97 Å². The van der Waals surface area contributed by atoms with Crippen LogP contribution in [0.1, 0.15) is 0 Å². The molecule has 8 aromatic rings. The third-order valence-corrected chi connectivity index (χ3v) is 7.97. The van der Waals surface area contributed by atoms with E-state index in [4.69, 9.17) is 9.97 Å². The molecule has 0 atom stereocenters. The Kier molecular flexibility index (Phi) is 5.79. The predicted molar refractivity (Wildman–Crippen MR) is 174 cm³/mol. The average molecular weight is 536 g/mol. The lowest BCUT2D eigenvalue weighted by molar-refractivity contribution is 1.18. The zero-order valence-electron chi connectivity index (χ0n) is 22.8. The minimum absolute atomic E-state index is 0.709. The Bertz CT molecular complexity index is 2200. The van der Waals surface area contributed by atoms with Crippen molar-refractivity contribution in [3.8, 4) is 45.0 Å². The molecule has 0 saturated heterocycles. The van der Waals surface area contributed by atoms with Gasteiger partial charge in [-0.3, -0.25) is 4.98 Å². The quantitative estimate of drug-likeness (QED) is 0.211. The Morgan fingerprint density at radius 1 is 0.310 bits per heavy atom. The van der Waals surface area contributed by atoms with Crippen LogP contribution in [0.25, 0.3) is 77.3 Å². The van der Waals surface area contributed by atoms with E-state index >= 15 is 0 Å². The molecule has 0 radical (unpaired) electrons. The molecule has 8 rings (SSSR count). The molecule has 6 aromatic carbocycles. The standard InChI is InChI=1S/C39H25N3/c1-2-9-27(10-3-1)39-41-37(29-12-8-11-28(23-29)26-19-21-40-22-20-26)25-38(42-39)30-17-18-35-33-15-5-4-13-31(33)32-14-6-7-16-34(32)36(35)24-30/h1-25H. The molecule has 42 heavy (non-hydrogen) atoms. The van der Waals surface area contributed by atoms with Crippen LogP contribution in [0.5, 0.6) is 0 Å². The number of pyridine rings is 1. The van der Waals surface area contributed by atoms with E-state index in [0.717, 1.165) is 39.2 Å². The second-order valence-electron chi connectivity index (χ2n) is 10.5. The number of benzene rings is 6. The van der Waals surface area contributed by atoms with Crippen LogP contribution < -0.4 is 0 Å². The van der Waals surface area contributed by atoms with Gasteiger partial charge in [0.1, 0.15) is 0 Å². The number of aromatic nitrogens is 3. The number of nitrogens with zero attached hydrogens (tertiary/aromatic N) is 3. The molecule has 0 N–H and O–H groups in total. The van der Waals surface area contributed by atoms with E-state index in [1.165, 1.54) is 32.3 Å². The molecule has 0 bridgehead atoms.